The van der Waals surface area contributed by atoms with E-state index in [1.807, 2.05) is 28.5 Å². The summed E-state index contributed by atoms with van der Waals surface area (Å²) in [6, 6.07) is 14.5. The van der Waals surface area contributed by atoms with Gasteiger partial charge in [-0.3, -0.25) is 14.3 Å². The van der Waals surface area contributed by atoms with E-state index in [0.29, 0.717) is 6.42 Å². The minimum absolute atomic E-state index is 0.160. The van der Waals surface area contributed by atoms with Gasteiger partial charge in [0.2, 0.25) is 5.91 Å². The van der Waals surface area contributed by atoms with Crippen LogP contribution >= 0.6 is 22.7 Å². The first kappa shape index (κ1) is 22.0. The fourth-order valence-corrected chi connectivity index (χ4v) is 5.95. The predicted octanol–water partition coefficient (Wildman–Crippen LogP) is 4.56. The third-order valence-corrected chi connectivity index (χ3v) is 7.83. The van der Waals surface area contributed by atoms with Crippen molar-refractivity contribution in [1.82, 2.24) is 24.3 Å². The molecule has 1 aliphatic rings. The molecule has 0 N–H and O–H groups in total. The van der Waals surface area contributed by atoms with Gasteiger partial charge in [0, 0.05) is 60.4 Å². The largest absolute Gasteiger partial charge is 0.340 e. The monoisotopic (exact) mass is 477 g/mol. The van der Waals surface area contributed by atoms with Crippen molar-refractivity contribution in [2.24, 2.45) is 0 Å². The maximum Gasteiger partial charge on any atom is 0.228 e. The summed E-state index contributed by atoms with van der Waals surface area (Å²) in [4.78, 5) is 26.8. The molecule has 1 aliphatic heterocycles. The van der Waals surface area contributed by atoms with Crippen molar-refractivity contribution >= 4 is 28.6 Å². The molecule has 33 heavy (non-hydrogen) atoms. The average molecular weight is 478 g/mol. The molecule has 0 unspecified atom stereocenters. The lowest BCUT2D eigenvalue weighted by molar-refractivity contribution is -0.132. The summed E-state index contributed by atoms with van der Waals surface area (Å²) in [6.07, 6.45) is 0.363. The Morgan fingerprint density at radius 2 is 1.58 bits per heavy atom. The van der Waals surface area contributed by atoms with Crippen LogP contribution in [0.25, 0.3) is 15.7 Å². The summed E-state index contributed by atoms with van der Waals surface area (Å²) in [5.74, 6) is 0.160. The molecular formula is C25H27N5OS2. The molecule has 1 amide bonds. The molecule has 5 rings (SSSR count). The summed E-state index contributed by atoms with van der Waals surface area (Å²) in [5, 5.41) is 6.15. The first-order chi connectivity index (χ1) is 16.1. The number of hydrogen-bond acceptors (Lipinski definition) is 6. The van der Waals surface area contributed by atoms with Crippen molar-refractivity contribution in [1.29, 1.82) is 0 Å². The molecule has 1 aromatic carbocycles. The van der Waals surface area contributed by atoms with E-state index >= 15 is 0 Å². The third kappa shape index (κ3) is 4.93. The summed E-state index contributed by atoms with van der Waals surface area (Å²) < 4.78 is 2.14. The Labute approximate surface area is 202 Å². The van der Waals surface area contributed by atoms with Crippen molar-refractivity contribution in [2.45, 2.75) is 26.8 Å². The number of benzene rings is 1. The van der Waals surface area contributed by atoms with Gasteiger partial charge < -0.3 is 4.90 Å². The predicted molar refractivity (Wildman–Crippen MR) is 134 cm³/mol. The van der Waals surface area contributed by atoms with Crippen LogP contribution in [-0.4, -0.2) is 56.4 Å². The topological polar surface area (TPSA) is 54.3 Å². The van der Waals surface area contributed by atoms with Crippen LogP contribution in [-0.2, 0) is 17.8 Å². The Morgan fingerprint density at radius 3 is 2.30 bits per heavy atom. The minimum atomic E-state index is 0.160. The number of thiazole rings is 2. The van der Waals surface area contributed by atoms with E-state index in [9.17, 15) is 4.79 Å². The number of amides is 1. The van der Waals surface area contributed by atoms with Crippen LogP contribution in [0.5, 0.6) is 0 Å². The van der Waals surface area contributed by atoms with E-state index in [-0.39, 0.29) is 5.91 Å². The van der Waals surface area contributed by atoms with Crippen molar-refractivity contribution in [3.05, 3.63) is 76.0 Å². The summed E-state index contributed by atoms with van der Waals surface area (Å²) in [7, 11) is 0. The Balaban J connectivity index is 1.13. The van der Waals surface area contributed by atoms with Gasteiger partial charge in [-0.25, -0.2) is 9.97 Å². The van der Waals surface area contributed by atoms with E-state index in [2.05, 4.69) is 53.0 Å². The number of aryl methyl sites for hydroxylation is 2. The second-order valence-electron chi connectivity index (χ2n) is 8.42. The number of carbonyl (C=O) groups excluding carboxylic acids is 1. The smallest absolute Gasteiger partial charge is 0.228 e. The summed E-state index contributed by atoms with van der Waals surface area (Å²) >= 11 is 3.28. The second kappa shape index (κ2) is 9.59. The molecule has 0 atom stereocenters. The van der Waals surface area contributed by atoms with Crippen molar-refractivity contribution < 1.29 is 4.79 Å². The van der Waals surface area contributed by atoms with Gasteiger partial charge >= 0.3 is 0 Å². The van der Waals surface area contributed by atoms with Crippen LogP contribution in [0.15, 0.2) is 53.2 Å². The molecule has 6 nitrogen and oxygen atoms in total. The van der Waals surface area contributed by atoms with Crippen molar-refractivity contribution in [2.75, 3.05) is 26.2 Å². The highest BCUT2D eigenvalue weighted by atomic mass is 32.1. The van der Waals surface area contributed by atoms with E-state index in [1.54, 1.807) is 22.7 Å². The molecule has 0 aliphatic carbocycles. The fraction of sp³-hybridized carbons (Fsp3) is 0.320. The van der Waals surface area contributed by atoms with Crippen LogP contribution in [0.4, 0.5) is 0 Å². The van der Waals surface area contributed by atoms with Gasteiger partial charge in [0.25, 0.3) is 0 Å². The maximum atomic E-state index is 12.9. The van der Waals surface area contributed by atoms with E-state index < -0.39 is 0 Å². The molecule has 0 spiro atoms. The van der Waals surface area contributed by atoms with Crippen LogP contribution in [0.3, 0.4) is 0 Å². The lowest BCUT2D eigenvalue weighted by Gasteiger charge is -2.34. The normalized spacial score (nSPS) is 14.7. The molecule has 170 valence electrons. The SMILES string of the molecule is Cc1ccc(C)n1-c1nc(CC(=O)N2CCN(Cc3csc(-c4ccccc4)n3)CC2)cs1. The Kier molecular flexibility index (Phi) is 6.39. The number of hydrogen-bond donors (Lipinski definition) is 0. The second-order valence-corrected chi connectivity index (χ2v) is 10.1. The Bertz CT molecular complexity index is 1220. The maximum absolute atomic E-state index is 12.9. The van der Waals surface area contributed by atoms with Gasteiger partial charge in [-0.15, -0.1) is 22.7 Å². The van der Waals surface area contributed by atoms with Crippen LogP contribution in [0, 0.1) is 13.8 Å². The van der Waals surface area contributed by atoms with E-state index in [0.717, 1.165) is 71.2 Å². The Hall–Kier alpha value is -2.81. The van der Waals surface area contributed by atoms with E-state index in [4.69, 9.17) is 9.97 Å². The molecule has 1 saturated heterocycles. The third-order valence-electron chi connectivity index (χ3n) is 6.02. The fourth-order valence-electron chi connectivity index (χ4n) is 4.19. The summed E-state index contributed by atoms with van der Waals surface area (Å²) in [6.45, 7) is 8.22. The molecule has 1 fully saturated rings. The van der Waals surface area contributed by atoms with E-state index in [1.165, 1.54) is 0 Å². The van der Waals surface area contributed by atoms with Gasteiger partial charge in [0.1, 0.15) is 5.01 Å². The molecular weight excluding hydrogens is 450 g/mol. The summed E-state index contributed by atoms with van der Waals surface area (Å²) in [5.41, 5.74) is 5.44. The lowest BCUT2D eigenvalue weighted by atomic mass is 10.2. The highest BCUT2D eigenvalue weighted by Gasteiger charge is 2.23. The number of piperazine rings is 1. The number of carbonyl (C=O) groups is 1. The van der Waals surface area contributed by atoms with Crippen molar-refractivity contribution in [3.63, 3.8) is 0 Å². The Morgan fingerprint density at radius 1 is 0.879 bits per heavy atom. The molecule has 0 saturated carbocycles. The zero-order chi connectivity index (χ0) is 22.8. The van der Waals surface area contributed by atoms with Crippen LogP contribution in [0.2, 0.25) is 0 Å². The van der Waals surface area contributed by atoms with Gasteiger partial charge in [-0.05, 0) is 26.0 Å². The minimum Gasteiger partial charge on any atom is -0.340 e. The first-order valence-electron chi connectivity index (χ1n) is 11.2. The average Bonchev–Trinajstić information content (AvgIpc) is 3.56. The molecule has 3 aromatic heterocycles. The quantitative estimate of drug-likeness (QED) is 0.409. The zero-order valence-electron chi connectivity index (χ0n) is 18.9. The van der Waals surface area contributed by atoms with Gasteiger partial charge in [0.15, 0.2) is 5.13 Å². The van der Waals surface area contributed by atoms with Crippen LogP contribution in [0.1, 0.15) is 22.8 Å². The standard InChI is InChI=1S/C25H27N5OS2/c1-18-8-9-19(2)30(18)25-27-21(16-33-25)14-23(31)29-12-10-28(11-13-29)15-22-17-32-24(26-22)20-6-4-3-5-7-20/h3-9,16-17H,10-15H2,1-2H3. The zero-order valence-corrected chi connectivity index (χ0v) is 20.5. The van der Waals surface area contributed by atoms with Crippen molar-refractivity contribution in [3.8, 4) is 15.7 Å². The highest BCUT2D eigenvalue weighted by Crippen LogP contribution is 2.24. The lowest BCUT2D eigenvalue weighted by Crippen LogP contribution is -2.48. The number of rotatable bonds is 6. The molecule has 4 aromatic rings. The molecule has 8 heteroatoms. The van der Waals surface area contributed by atoms with Crippen LogP contribution < -0.4 is 0 Å². The molecule has 0 bridgehead atoms. The highest BCUT2D eigenvalue weighted by molar-refractivity contribution is 7.13. The first-order valence-corrected chi connectivity index (χ1v) is 12.9. The molecule has 4 heterocycles. The van der Waals surface area contributed by atoms with Gasteiger partial charge in [-0.1, -0.05) is 30.3 Å². The van der Waals surface area contributed by atoms with Gasteiger partial charge in [0.05, 0.1) is 17.8 Å². The van der Waals surface area contributed by atoms with Gasteiger partial charge in [-0.2, -0.15) is 0 Å². The number of nitrogens with zero attached hydrogens (tertiary/aromatic N) is 5. The molecule has 0 radical (unpaired) electrons. The number of aromatic nitrogens is 3.